The first-order chi connectivity index (χ1) is 21.6. The molecule has 0 aromatic carbocycles. The number of carboxylic acids is 1. The molecule has 0 saturated carbocycles. The lowest BCUT2D eigenvalue weighted by atomic mass is 10.0. The van der Waals surface area contributed by atoms with Crippen molar-refractivity contribution >= 4 is 11.9 Å². The third-order valence-corrected chi connectivity index (χ3v) is 9.35. The number of esters is 1. The highest BCUT2D eigenvalue weighted by atomic mass is 16.6. The van der Waals surface area contributed by atoms with E-state index in [0.29, 0.717) is 12.8 Å². The molecule has 0 amide bonds. The predicted molar refractivity (Wildman–Crippen MR) is 190 cm³/mol. The predicted octanol–water partition coefficient (Wildman–Crippen LogP) is 13.7. The molecule has 0 spiro atoms. The van der Waals surface area contributed by atoms with Gasteiger partial charge in [0.2, 0.25) is 0 Å². The lowest BCUT2D eigenvalue weighted by Gasteiger charge is -2.13. The lowest BCUT2D eigenvalue weighted by Crippen LogP contribution is -2.27. The van der Waals surface area contributed by atoms with Crippen LogP contribution in [0.15, 0.2) is 0 Å². The molecule has 0 aliphatic carbocycles. The van der Waals surface area contributed by atoms with E-state index in [4.69, 9.17) is 4.74 Å². The molecule has 0 radical (unpaired) electrons. The van der Waals surface area contributed by atoms with Crippen LogP contribution in [0, 0.1) is 0 Å². The molecular weight excluding hydrogens is 544 g/mol. The number of carboxylic acid groups (broad SMARTS) is 1. The fourth-order valence-electron chi connectivity index (χ4n) is 6.32. The minimum atomic E-state index is -1.000. The first kappa shape index (κ1) is 42.9. The molecule has 1 atom stereocenters. The van der Waals surface area contributed by atoms with Crippen LogP contribution in [0.4, 0.5) is 0 Å². The van der Waals surface area contributed by atoms with Crippen LogP contribution in [-0.2, 0) is 14.3 Å². The minimum absolute atomic E-state index is 0.339. The normalized spacial score (nSPS) is 12.0. The van der Waals surface area contributed by atoms with E-state index < -0.39 is 12.1 Å². The molecule has 1 N–H and O–H groups in total. The van der Waals surface area contributed by atoms with Crippen LogP contribution in [0.5, 0.6) is 0 Å². The van der Waals surface area contributed by atoms with Gasteiger partial charge in [-0.05, 0) is 19.3 Å². The maximum atomic E-state index is 12.2. The van der Waals surface area contributed by atoms with Crippen molar-refractivity contribution in [2.24, 2.45) is 0 Å². The minimum Gasteiger partial charge on any atom is -0.479 e. The van der Waals surface area contributed by atoms with Gasteiger partial charge in [-0.25, -0.2) is 4.79 Å². The number of hydrogen-bond acceptors (Lipinski definition) is 3. The van der Waals surface area contributed by atoms with Crippen LogP contribution in [-0.4, -0.2) is 23.1 Å². The van der Waals surface area contributed by atoms with E-state index in [0.717, 1.165) is 38.5 Å². The van der Waals surface area contributed by atoms with Crippen molar-refractivity contribution in [2.45, 2.75) is 245 Å². The number of hydrogen-bond donors (Lipinski definition) is 1. The number of carbonyl (C=O) groups excluding carboxylic acids is 1. The van der Waals surface area contributed by atoms with Crippen molar-refractivity contribution in [3.63, 3.8) is 0 Å². The Morgan fingerprint density at radius 1 is 0.409 bits per heavy atom. The Labute approximate surface area is 275 Å². The van der Waals surface area contributed by atoms with Crippen molar-refractivity contribution in [3.05, 3.63) is 0 Å². The van der Waals surface area contributed by atoms with Gasteiger partial charge in [-0.2, -0.15) is 0 Å². The van der Waals surface area contributed by atoms with E-state index in [1.54, 1.807) is 0 Å². The molecular formula is C40H78O4. The highest BCUT2D eigenvalue weighted by molar-refractivity contribution is 5.77. The number of rotatable bonds is 37. The van der Waals surface area contributed by atoms with Crippen LogP contribution in [0.1, 0.15) is 239 Å². The zero-order valence-electron chi connectivity index (χ0n) is 30.0. The van der Waals surface area contributed by atoms with Crippen molar-refractivity contribution in [1.29, 1.82) is 0 Å². The van der Waals surface area contributed by atoms with E-state index in [1.165, 1.54) is 173 Å². The molecule has 0 heterocycles. The highest BCUT2D eigenvalue weighted by Crippen LogP contribution is 2.17. The van der Waals surface area contributed by atoms with Crippen molar-refractivity contribution in [3.8, 4) is 0 Å². The van der Waals surface area contributed by atoms with Gasteiger partial charge >= 0.3 is 11.9 Å². The SMILES string of the molecule is CCCCCCCCCCCCCCCCCCCCCCCC(=O)OC(CCCCCCCCCCCCCC)C(=O)O. The van der Waals surface area contributed by atoms with Gasteiger partial charge in [-0.3, -0.25) is 4.79 Å². The van der Waals surface area contributed by atoms with Crippen molar-refractivity contribution < 1.29 is 19.4 Å². The molecule has 0 rings (SSSR count). The Hall–Kier alpha value is -1.06. The third kappa shape index (κ3) is 33.8. The molecule has 0 bridgehead atoms. The standard InChI is InChI=1S/C40H78O4/c1-3-5-7-9-11-13-15-17-18-19-20-21-22-23-24-25-27-29-31-33-35-37-39(41)44-38(40(42)43)36-34-32-30-28-26-16-14-12-10-8-6-4-2/h38H,3-37H2,1-2H3,(H,42,43). The molecule has 262 valence electrons. The van der Waals surface area contributed by atoms with Gasteiger partial charge in [0, 0.05) is 6.42 Å². The highest BCUT2D eigenvalue weighted by Gasteiger charge is 2.21. The summed E-state index contributed by atoms with van der Waals surface area (Å²) in [5, 5.41) is 9.47. The van der Waals surface area contributed by atoms with Crippen LogP contribution in [0.25, 0.3) is 0 Å². The summed E-state index contributed by atoms with van der Waals surface area (Å²) in [5.74, 6) is -1.34. The molecule has 0 aromatic rings. The molecule has 0 aliphatic rings. The fourth-order valence-corrected chi connectivity index (χ4v) is 6.32. The number of unbranched alkanes of at least 4 members (excludes halogenated alkanes) is 31. The van der Waals surface area contributed by atoms with Crippen LogP contribution in [0.3, 0.4) is 0 Å². The fraction of sp³-hybridized carbons (Fsp3) is 0.950. The topological polar surface area (TPSA) is 63.6 Å². The molecule has 1 unspecified atom stereocenters. The summed E-state index contributed by atoms with van der Waals surface area (Å²) in [6, 6.07) is 0. The summed E-state index contributed by atoms with van der Waals surface area (Å²) in [6.07, 6.45) is 42.9. The summed E-state index contributed by atoms with van der Waals surface area (Å²) >= 11 is 0. The Kier molecular flexibility index (Phi) is 35.5. The number of ether oxygens (including phenoxy) is 1. The summed E-state index contributed by atoms with van der Waals surface area (Å²) in [4.78, 5) is 23.7. The number of carbonyl (C=O) groups is 2. The maximum Gasteiger partial charge on any atom is 0.345 e. The van der Waals surface area contributed by atoms with E-state index in [2.05, 4.69) is 13.8 Å². The van der Waals surface area contributed by atoms with Gasteiger partial charge < -0.3 is 9.84 Å². The van der Waals surface area contributed by atoms with Gasteiger partial charge in [0.15, 0.2) is 6.10 Å². The zero-order chi connectivity index (χ0) is 32.2. The molecule has 0 saturated heterocycles. The summed E-state index contributed by atoms with van der Waals surface area (Å²) in [7, 11) is 0. The van der Waals surface area contributed by atoms with Gasteiger partial charge in [0.05, 0.1) is 0 Å². The summed E-state index contributed by atoms with van der Waals surface area (Å²) < 4.78 is 5.32. The zero-order valence-corrected chi connectivity index (χ0v) is 30.0. The first-order valence-electron chi connectivity index (χ1n) is 20.0. The van der Waals surface area contributed by atoms with E-state index in [9.17, 15) is 14.7 Å². The Bertz CT molecular complexity index is 590. The van der Waals surface area contributed by atoms with E-state index >= 15 is 0 Å². The quantitative estimate of drug-likeness (QED) is 0.0553. The summed E-state index contributed by atoms with van der Waals surface area (Å²) in [6.45, 7) is 4.54. The number of aliphatic carboxylic acids is 1. The molecule has 4 heteroatoms. The monoisotopic (exact) mass is 623 g/mol. The van der Waals surface area contributed by atoms with E-state index in [-0.39, 0.29) is 5.97 Å². The average Bonchev–Trinajstić information content (AvgIpc) is 3.01. The van der Waals surface area contributed by atoms with Crippen molar-refractivity contribution in [2.75, 3.05) is 0 Å². The van der Waals surface area contributed by atoms with Crippen LogP contribution >= 0.6 is 0 Å². The van der Waals surface area contributed by atoms with Gasteiger partial charge in [0.1, 0.15) is 0 Å². The summed E-state index contributed by atoms with van der Waals surface area (Å²) in [5.41, 5.74) is 0. The first-order valence-corrected chi connectivity index (χ1v) is 20.0. The molecule has 4 nitrogen and oxygen atoms in total. The molecule has 0 fully saturated rings. The lowest BCUT2D eigenvalue weighted by molar-refractivity contribution is -0.164. The van der Waals surface area contributed by atoms with Gasteiger partial charge in [-0.1, -0.05) is 213 Å². The Morgan fingerprint density at radius 2 is 0.659 bits per heavy atom. The second-order valence-corrected chi connectivity index (χ2v) is 13.8. The van der Waals surface area contributed by atoms with Gasteiger partial charge in [0.25, 0.3) is 0 Å². The Balaban J connectivity index is 3.45. The second-order valence-electron chi connectivity index (χ2n) is 13.8. The average molecular weight is 623 g/mol. The van der Waals surface area contributed by atoms with Crippen molar-refractivity contribution in [1.82, 2.24) is 0 Å². The third-order valence-electron chi connectivity index (χ3n) is 9.35. The molecule has 0 aromatic heterocycles. The van der Waals surface area contributed by atoms with Crippen LogP contribution in [0.2, 0.25) is 0 Å². The van der Waals surface area contributed by atoms with Crippen LogP contribution < -0.4 is 0 Å². The maximum absolute atomic E-state index is 12.2. The molecule has 0 aliphatic heterocycles. The second kappa shape index (κ2) is 36.4. The smallest absolute Gasteiger partial charge is 0.345 e. The molecule has 44 heavy (non-hydrogen) atoms. The van der Waals surface area contributed by atoms with Gasteiger partial charge in [-0.15, -0.1) is 0 Å². The van der Waals surface area contributed by atoms with E-state index in [1.807, 2.05) is 0 Å². The largest absolute Gasteiger partial charge is 0.479 e. The Morgan fingerprint density at radius 3 is 0.932 bits per heavy atom.